The number of carbonyl (C=O) groups is 1. The van der Waals surface area contributed by atoms with Crippen LogP contribution in [0.2, 0.25) is 0 Å². The summed E-state index contributed by atoms with van der Waals surface area (Å²) < 4.78 is 16.1. The second kappa shape index (κ2) is 7.39. The van der Waals surface area contributed by atoms with Gasteiger partial charge in [0.2, 0.25) is 5.91 Å². The van der Waals surface area contributed by atoms with E-state index in [2.05, 4.69) is 0 Å². The van der Waals surface area contributed by atoms with E-state index in [1.54, 1.807) is 0 Å². The van der Waals surface area contributed by atoms with Gasteiger partial charge in [-0.05, 0) is 44.1 Å². The summed E-state index contributed by atoms with van der Waals surface area (Å²) in [4.78, 5) is 14.4. The molecule has 0 aliphatic carbocycles. The van der Waals surface area contributed by atoms with E-state index in [9.17, 15) is 4.79 Å². The SMILES string of the molecule is [2H]C([2H])(CCCc1ccccc1)C(=O)N1CCCCC1=S. The van der Waals surface area contributed by atoms with Crippen molar-refractivity contribution >= 4 is 23.1 Å². The number of hydrogen-bond donors (Lipinski definition) is 0. The number of aryl methyl sites for hydroxylation is 1. The number of thiocarbonyl (C=S) groups is 1. The summed E-state index contributed by atoms with van der Waals surface area (Å²) in [6, 6.07) is 9.96. The predicted molar refractivity (Wildman–Crippen MR) is 82.2 cm³/mol. The summed E-state index contributed by atoms with van der Waals surface area (Å²) in [6.45, 7) is 0.565. The first kappa shape index (κ1) is 11.6. The molecular formula is C16H21NOS. The number of hydrogen-bond acceptors (Lipinski definition) is 2. The normalized spacial score (nSPS) is 17.9. The summed E-state index contributed by atoms with van der Waals surface area (Å²) in [6.07, 6.45) is 2.49. The van der Waals surface area contributed by atoms with Gasteiger partial charge in [-0.2, -0.15) is 0 Å². The van der Waals surface area contributed by atoms with Crippen molar-refractivity contribution in [2.45, 2.75) is 44.9 Å². The van der Waals surface area contributed by atoms with Crippen LogP contribution in [0.25, 0.3) is 0 Å². The van der Waals surface area contributed by atoms with E-state index in [0.717, 1.165) is 25.7 Å². The minimum Gasteiger partial charge on any atom is -0.307 e. The van der Waals surface area contributed by atoms with E-state index in [1.807, 2.05) is 30.3 Å². The van der Waals surface area contributed by atoms with Crippen molar-refractivity contribution in [1.82, 2.24) is 4.90 Å². The monoisotopic (exact) mass is 277 g/mol. The highest BCUT2D eigenvalue weighted by molar-refractivity contribution is 7.80. The van der Waals surface area contributed by atoms with Gasteiger partial charge in [0.15, 0.2) is 0 Å². The van der Waals surface area contributed by atoms with E-state index < -0.39 is 12.3 Å². The zero-order valence-corrected chi connectivity index (χ0v) is 11.9. The zero-order valence-electron chi connectivity index (χ0n) is 13.1. The predicted octanol–water partition coefficient (Wildman–Crippen LogP) is 3.74. The highest BCUT2D eigenvalue weighted by Crippen LogP contribution is 2.15. The van der Waals surface area contributed by atoms with Crippen LogP contribution in [0, 0.1) is 0 Å². The van der Waals surface area contributed by atoms with Gasteiger partial charge in [-0.1, -0.05) is 42.5 Å². The van der Waals surface area contributed by atoms with Crippen LogP contribution in [-0.4, -0.2) is 22.3 Å². The Labute approximate surface area is 123 Å². The van der Waals surface area contributed by atoms with Crippen molar-refractivity contribution in [2.75, 3.05) is 6.54 Å². The molecule has 1 heterocycles. The van der Waals surface area contributed by atoms with E-state index in [1.165, 1.54) is 10.5 Å². The average Bonchev–Trinajstić information content (AvgIpc) is 2.48. The third-order valence-corrected chi connectivity index (χ3v) is 3.75. The molecule has 1 aliphatic heterocycles. The summed E-state index contributed by atoms with van der Waals surface area (Å²) >= 11 is 5.20. The molecule has 1 aromatic rings. The molecule has 102 valence electrons. The van der Waals surface area contributed by atoms with Gasteiger partial charge < -0.3 is 4.90 Å². The Morgan fingerprint density at radius 3 is 2.79 bits per heavy atom. The van der Waals surface area contributed by atoms with Crippen LogP contribution in [0.4, 0.5) is 0 Å². The summed E-state index contributed by atoms with van der Waals surface area (Å²) in [5, 5.41) is 0. The van der Waals surface area contributed by atoms with Crippen molar-refractivity contribution in [3.05, 3.63) is 35.9 Å². The number of piperidine rings is 1. The van der Waals surface area contributed by atoms with Crippen LogP contribution in [0.15, 0.2) is 30.3 Å². The highest BCUT2D eigenvalue weighted by Gasteiger charge is 2.20. The van der Waals surface area contributed by atoms with Gasteiger partial charge in [0, 0.05) is 15.7 Å². The molecular weight excluding hydrogens is 254 g/mol. The Hall–Kier alpha value is -1.22. The minimum atomic E-state index is -1.82. The molecule has 19 heavy (non-hydrogen) atoms. The number of nitrogens with zero attached hydrogens (tertiary/aromatic N) is 1. The third kappa shape index (κ3) is 4.43. The summed E-state index contributed by atoms with van der Waals surface area (Å²) in [5.74, 6) is -0.458. The third-order valence-electron chi connectivity index (χ3n) is 3.33. The Morgan fingerprint density at radius 1 is 1.26 bits per heavy atom. The second-order valence-electron chi connectivity index (χ2n) is 4.82. The van der Waals surface area contributed by atoms with Gasteiger partial charge in [0.25, 0.3) is 0 Å². The molecule has 0 N–H and O–H groups in total. The standard InChI is InChI=1S/C16H21NOS/c18-15(17-13-7-6-12-16(17)19)11-5-4-10-14-8-2-1-3-9-14/h1-3,8-9H,4-7,10-13H2/i11D2. The van der Waals surface area contributed by atoms with Gasteiger partial charge in [-0.15, -0.1) is 0 Å². The maximum absolute atomic E-state index is 12.3. The Kier molecular flexibility index (Phi) is 4.51. The van der Waals surface area contributed by atoms with Gasteiger partial charge in [-0.25, -0.2) is 0 Å². The maximum Gasteiger partial charge on any atom is 0.227 e. The lowest BCUT2D eigenvalue weighted by molar-refractivity contribution is -0.127. The lowest BCUT2D eigenvalue weighted by Gasteiger charge is -2.27. The van der Waals surface area contributed by atoms with Crippen molar-refractivity contribution in [1.29, 1.82) is 0 Å². The Bertz CT molecular complexity index is 504. The van der Waals surface area contributed by atoms with Crippen LogP contribution in [0.5, 0.6) is 0 Å². The molecule has 0 aromatic heterocycles. The minimum absolute atomic E-state index is 0.236. The molecule has 0 saturated carbocycles. The first-order chi connectivity index (χ1) is 10.0. The molecule has 1 aromatic carbocycles. The lowest BCUT2D eigenvalue weighted by Crippen LogP contribution is -2.39. The quantitative estimate of drug-likeness (QED) is 0.764. The summed E-state index contributed by atoms with van der Waals surface area (Å²) in [7, 11) is 0. The molecule has 1 saturated heterocycles. The molecule has 2 rings (SSSR count). The first-order valence-corrected chi connectivity index (χ1v) is 7.30. The fraction of sp³-hybridized carbons (Fsp3) is 0.500. The number of rotatable bonds is 5. The van der Waals surface area contributed by atoms with Crippen molar-refractivity contribution < 1.29 is 7.54 Å². The molecule has 0 radical (unpaired) electrons. The smallest absolute Gasteiger partial charge is 0.227 e. The molecule has 0 bridgehead atoms. The number of amides is 1. The fourth-order valence-electron chi connectivity index (χ4n) is 2.25. The molecule has 2 nitrogen and oxygen atoms in total. The Balaban J connectivity index is 1.88. The van der Waals surface area contributed by atoms with E-state index in [4.69, 9.17) is 15.0 Å². The number of benzene rings is 1. The molecule has 1 aliphatic rings. The van der Waals surface area contributed by atoms with Crippen molar-refractivity contribution in [2.24, 2.45) is 0 Å². The van der Waals surface area contributed by atoms with E-state index in [0.29, 0.717) is 18.0 Å². The molecule has 0 spiro atoms. The molecule has 0 unspecified atom stereocenters. The average molecular weight is 277 g/mol. The topological polar surface area (TPSA) is 20.3 Å². The lowest BCUT2D eigenvalue weighted by atomic mass is 10.1. The molecule has 3 heteroatoms. The second-order valence-corrected chi connectivity index (χ2v) is 5.29. The van der Waals surface area contributed by atoms with E-state index >= 15 is 0 Å². The molecule has 0 atom stereocenters. The summed E-state index contributed by atoms with van der Waals surface area (Å²) in [5.41, 5.74) is 1.18. The van der Waals surface area contributed by atoms with Gasteiger partial charge in [0.1, 0.15) is 0 Å². The molecule has 1 amide bonds. The van der Waals surface area contributed by atoms with Crippen molar-refractivity contribution in [3.8, 4) is 0 Å². The van der Waals surface area contributed by atoms with Crippen LogP contribution in [-0.2, 0) is 11.2 Å². The van der Waals surface area contributed by atoms with E-state index in [-0.39, 0.29) is 6.42 Å². The van der Waals surface area contributed by atoms with Gasteiger partial charge >= 0.3 is 0 Å². The van der Waals surface area contributed by atoms with Gasteiger partial charge in [-0.3, -0.25) is 4.79 Å². The van der Waals surface area contributed by atoms with Crippen molar-refractivity contribution in [3.63, 3.8) is 0 Å². The fourth-order valence-corrected chi connectivity index (χ4v) is 2.57. The largest absolute Gasteiger partial charge is 0.307 e. The molecule has 1 fully saturated rings. The van der Waals surface area contributed by atoms with Crippen LogP contribution in [0.1, 0.15) is 46.8 Å². The Morgan fingerprint density at radius 2 is 2.05 bits per heavy atom. The number of likely N-dealkylation sites (tertiary alicyclic amines) is 1. The number of carbonyl (C=O) groups excluding carboxylic acids is 1. The first-order valence-electron chi connectivity index (χ1n) is 7.89. The zero-order chi connectivity index (χ0) is 15.3. The van der Waals surface area contributed by atoms with Crippen LogP contribution in [0.3, 0.4) is 0 Å². The van der Waals surface area contributed by atoms with Gasteiger partial charge in [0.05, 0.1) is 4.99 Å². The highest BCUT2D eigenvalue weighted by atomic mass is 32.1. The van der Waals surface area contributed by atoms with Crippen LogP contribution < -0.4 is 0 Å². The van der Waals surface area contributed by atoms with Crippen LogP contribution >= 0.6 is 12.2 Å². The maximum atomic E-state index is 12.3.